The molecule has 0 aliphatic heterocycles. The topological polar surface area (TPSA) is 58.6 Å². The van der Waals surface area contributed by atoms with E-state index in [0.717, 1.165) is 29.7 Å². The Balaban J connectivity index is 2.11. The van der Waals surface area contributed by atoms with Gasteiger partial charge in [-0.3, -0.25) is 9.59 Å². The number of hydrogen-bond acceptors (Lipinski definition) is 4. The molecule has 1 N–H and O–H groups in total. The summed E-state index contributed by atoms with van der Waals surface area (Å²) in [5.41, 5.74) is 1.94. The van der Waals surface area contributed by atoms with Crippen molar-refractivity contribution in [2.45, 2.75) is 51.4 Å². The first-order chi connectivity index (χ1) is 15.9. The molecule has 2 aromatic carbocycles. The highest BCUT2D eigenvalue weighted by Gasteiger charge is 2.28. The van der Waals surface area contributed by atoms with Crippen molar-refractivity contribution < 1.29 is 14.3 Å². The number of carbonyl (C=O) groups is 2. The van der Waals surface area contributed by atoms with Gasteiger partial charge in [0.25, 0.3) is 0 Å². The van der Waals surface area contributed by atoms with Gasteiger partial charge in [0, 0.05) is 18.8 Å². The maximum absolute atomic E-state index is 13.3. The maximum Gasteiger partial charge on any atom is 0.242 e. The largest absolute Gasteiger partial charge is 0.497 e. The zero-order chi connectivity index (χ0) is 24.2. The van der Waals surface area contributed by atoms with Crippen molar-refractivity contribution in [2.24, 2.45) is 0 Å². The fourth-order valence-electron chi connectivity index (χ4n) is 3.32. The zero-order valence-corrected chi connectivity index (χ0v) is 21.7. The number of methoxy groups -OCH3 is 1. The molecule has 0 unspecified atom stereocenters. The molecule has 0 saturated carbocycles. The van der Waals surface area contributed by atoms with E-state index in [2.05, 4.69) is 12.2 Å². The minimum atomic E-state index is -0.526. The monoisotopic (exact) mass is 510 g/mol. The van der Waals surface area contributed by atoms with Crippen LogP contribution in [0.4, 0.5) is 0 Å². The van der Waals surface area contributed by atoms with Crippen LogP contribution < -0.4 is 10.1 Å². The minimum Gasteiger partial charge on any atom is -0.497 e. The summed E-state index contributed by atoms with van der Waals surface area (Å²) in [4.78, 5) is 27.8. The minimum absolute atomic E-state index is 0.0756. The molecule has 0 spiro atoms. The number of nitrogens with one attached hydrogen (secondary N) is 1. The molecular weight excluding hydrogens is 479 g/mol. The first-order valence-corrected chi connectivity index (χ1v) is 13.0. The normalized spacial score (nSPS) is 11.7. The van der Waals surface area contributed by atoms with E-state index in [0.29, 0.717) is 35.3 Å². The Morgan fingerprint density at radius 2 is 1.76 bits per heavy atom. The number of benzene rings is 2. The van der Waals surface area contributed by atoms with Gasteiger partial charge in [-0.05, 0) is 48.2 Å². The molecule has 2 rings (SSSR count). The summed E-state index contributed by atoms with van der Waals surface area (Å²) >= 11 is 13.6. The molecule has 180 valence electrons. The average Bonchev–Trinajstić information content (AvgIpc) is 2.81. The van der Waals surface area contributed by atoms with Gasteiger partial charge < -0.3 is 15.0 Å². The molecule has 5 nitrogen and oxygen atoms in total. The Morgan fingerprint density at radius 1 is 1.06 bits per heavy atom. The second-order valence-corrected chi connectivity index (χ2v) is 9.48. The fraction of sp³-hybridized carbons (Fsp3) is 0.440. The van der Waals surface area contributed by atoms with Crippen LogP contribution in [0.1, 0.15) is 44.2 Å². The Labute approximate surface area is 211 Å². The number of unbranched alkanes of at least 4 members (excludes halogenated alkanes) is 1. The Morgan fingerprint density at radius 3 is 2.36 bits per heavy atom. The number of rotatable bonds is 13. The van der Waals surface area contributed by atoms with E-state index < -0.39 is 6.04 Å². The lowest BCUT2D eigenvalue weighted by molar-refractivity contribution is -0.139. The molecule has 0 radical (unpaired) electrons. The molecule has 0 aromatic heterocycles. The van der Waals surface area contributed by atoms with Crippen LogP contribution in [0.5, 0.6) is 5.75 Å². The first kappa shape index (κ1) is 27.4. The summed E-state index contributed by atoms with van der Waals surface area (Å²) in [6, 6.07) is 12.5. The van der Waals surface area contributed by atoms with Gasteiger partial charge >= 0.3 is 0 Å². The lowest BCUT2D eigenvalue weighted by atomic mass is 10.1. The van der Waals surface area contributed by atoms with E-state index >= 15 is 0 Å². The second-order valence-electron chi connectivity index (χ2n) is 7.68. The SMILES string of the molecule is CCCCNC(=O)[C@H](CC)N(Cc1ccc(OC)cc1)C(=O)CSCc1ccc(Cl)c(Cl)c1. The third kappa shape index (κ3) is 8.76. The maximum atomic E-state index is 13.3. The summed E-state index contributed by atoms with van der Waals surface area (Å²) in [7, 11) is 1.61. The summed E-state index contributed by atoms with van der Waals surface area (Å²) in [5, 5.41) is 3.98. The predicted molar refractivity (Wildman–Crippen MR) is 138 cm³/mol. The molecule has 2 amide bonds. The number of halogens is 2. The van der Waals surface area contributed by atoms with E-state index in [1.807, 2.05) is 43.3 Å². The van der Waals surface area contributed by atoms with Crippen molar-refractivity contribution in [3.05, 3.63) is 63.6 Å². The van der Waals surface area contributed by atoms with Crippen LogP contribution in [-0.4, -0.2) is 42.2 Å². The summed E-state index contributed by atoms with van der Waals surface area (Å²) in [6.07, 6.45) is 2.45. The van der Waals surface area contributed by atoms with Gasteiger partial charge in [-0.2, -0.15) is 0 Å². The lowest BCUT2D eigenvalue weighted by Crippen LogP contribution is -2.49. The molecule has 0 fully saturated rings. The molecule has 1 atom stereocenters. The molecular formula is C25H32Cl2N2O3S. The third-order valence-electron chi connectivity index (χ3n) is 5.21. The van der Waals surface area contributed by atoms with E-state index in [-0.39, 0.29) is 17.6 Å². The van der Waals surface area contributed by atoms with E-state index in [4.69, 9.17) is 27.9 Å². The Bertz CT molecular complexity index is 909. The molecule has 0 saturated heterocycles. The summed E-state index contributed by atoms with van der Waals surface area (Å²) in [6.45, 7) is 4.98. The van der Waals surface area contributed by atoms with Gasteiger partial charge in [-0.1, -0.05) is 61.7 Å². The standard InChI is InChI=1S/C25H32Cl2N2O3S/c1-4-6-13-28-25(31)23(5-2)29(15-18-7-10-20(32-3)11-8-18)24(30)17-33-16-19-9-12-21(26)22(27)14-19/h7-12,14,23H,4-6,13,15-17H2,1-3H3,(H,28,31)/t23-/m0/s1. The molecule has 0 heterocycles. The van der Waals surface area contributed by atoms with E-state index in [9.17, 15) is 9.59 Å². The van der Waals surface area contributed by atoms with Crippen molar-refractivity contribution >= 4 is 46.8 Å². The fourth-order valence-corrected chi connectivity index (χ4v) is 4.50. The smallest absolute Gasteiger partial charge is 0.242 e. The van der Waals surface area contributed by atoms with Crippen LogP contribution in [0.2, 0.25) is 10.0 Å². The molecule has 0 aliphatic carbocycles. The molecule has 8 heteroatoms. The first-order valence-electron chi connectivity index (χ1n) is 11.1. The van der Waals surface area contributed by atoms with Crippen LogP contribution in [-0.2, 0) is 21.9 Å². The second kappa shape index (κ2) is 14.4. The molecule has 33 heavy (non-hydrogen) atoms. The molecule has 0 aliphatic rings. The van der Waals surface area contributed by atoms with Crippen molar-refractivity contribution in [1.82, 2.24) is 10.2 Å². The number of ether oxygens (including phenoxy) is 1. The highest BCUT2D eigenvalue weighted by molar-refractivity contribution is 7.99. The highest BCUT2D eigenvalue weighted by Crippen LogP contribution is 2.25. The van der Waals surface area contributed by atoms with Crippen LogP contribution >= 0.6 is 35.0 Å². The van der Waals surface area contributed by atoms with Gasteiger partial charge in [0.15, 0.2) is 0 Å². The van der Waals surface area contributed by atoms with Gasteiger partial charge in [-0.15, -0.1) is 11.8 Å². The Kier molecular flexibility index (Phi) is 11.9. The number of carbonyl (C=O) groups excluding carboxylic acids is 2. The molecule has 2 aromatic rings. The number of hydrogen-bond donors (Lipinski definition) is 1. The van der Waals surface area contributed by atoms with Crippen LogP contribution in [0.3, 0.4) is 0 Å². The van der Waals surface area contributed by atoms with Gasteiger partial charge in [0.1, 0.15) is 11.8 Å². The van der Waals surface area contributed by atoms with Gasteiger partial charge in [0.05, 0.1) is 22.9 Å². The summed E-state index contributed by atoms with van der Waals surface area (Å²) < 4.78 is 5.23. The van der Waals surface area contributed by atoms with Crippen LogP contribution in [0, 0.1) is 0 Å². The lowest BCUT2D eigenvalue weighted by Gasteiger charge is -2.30. The van der Waals surface area contributed by atoms with Crippen LogP contribution in [0.15, 0.2) is 42.5 Å². The molecule has 0 bridgehead atoms. The van der Waals surface area contributed by atoms with Gasteiger partial charge in [0.2, 0.25) is 11.8 Å². The van der Waals surface area contributed by atoms with Gasteiger partial charge in [-0.25, -0.2) is 0 Å². The summed E-state index contributed by atoms with van der Waals surface area (Å²) in [5.74, 6) is 1.45. The van der Waals surface area contributed by atoms with E-state index in [1.165, 1.54) is 11.8 Å². The van der Waals surface area contributed by atoms with Crippen molar-refractivity contribution in [1.29, 1.82) is 0 Å². The van der Waals surface area contributed by atoms with E-state index in [1.54, 1.807) is 18.1 Å². The average molecular weight is 512 g/mol. The van der Waals surface area contributed by atoms with Crippen LogP contribution in [0.25, 0.3) is 0 Å². The van der Waals surface area contributed by atoms with Crippen molar-refractivity contribution in [3.63, 3.8) is 0 Å². The number of thioether (sulfide) groups is 1. The van der Waals surface area contributed by atoms with Crippen molar-refractivity contribution in [2.75, 3.05) is 19.4 Å². The quantitative estimate of drug-likeness (QED) is 0.337. The Hall–Kier alpha value is -1.89. The number of amides is 2. The highest BCUT2D eigenvalue weighted by atomic mass is 35.5. The zero-order valence-electron chi connectivity index (χ0n) is 19.4. The predicted octanol–water partition coefficient (Wildman–Crippen LogP) is 5.96. The van der Waals surface area contributed by atoms with Crippen molar-refractivity contribution in [3.8, 4) is 5.75 Å². The third-order valence-corrected chi connectivity index (χ3v) is 6.93. The number of nitrogens with zero attached hydrogens (tertiary/aromatic N) is 1.